The van der Waals surface area contributed by atoms with Gasteiger partial charge < -0.3 is 15.7 Å². The first kappa shape index (κ1) is 24.8. The highest BCUT2D eigenvalue weighted by molar-refractivity contribution is 5.90. The molecule has 0 aliphatic rings. The molecular weight excluding hydrogens is 385 g/mol. The van der Waals surface area contributed by atoms with E-state index in [0.717, 1.165) is 62.8 Å². The highest BCUT2D eigenvalue weighted by Crippen LogP contribution is 2.30. The summed E-state index contributed by atoms with van der Waals surface area (Å²) in [6, 6.07) is 2.83. The number of carboxylic acids is 1. The maximum atomic E-state index is 12.6. The van der Waals surface area contributed by atoms with Crippen molar-refractivity contribution >= 4 is 17.7 Å². The van der Waals surface area contributed by atoms with E-state index in [1.165, 1.54) is 0 Å². The third-order valence-electron chi connectivity index (χ3n) is 5.04. The van der Waals surface area contributed by atoms with Gasteiger partial charge in [0.05, 0.1) is 11.0 Å². The fourth-order valence-corrected chi connectivity index (χ4v) is 2.96. The van der Waals surface area contributed by atoms with E-state index >= 15 is 0 Å². The molecule has 1 rings (SSSR count). The van der Waals surface area contributed by atoms with Crippen molar-refractivity contribution in [2.24, 2.45) is 5.41 Å². The fraction of sp³-hybridized carbons (Fsp3) is 0.619. The lowest BCUT2D eigenvalue weighted by Crippen LogP contribution is -2.50. The summed E-state index contributed by atoms with van der Waals surface area (Å²) in [4.78, 5) is 23.9. The molecule has 164 valence electrons. The zero-order valence-corrected chi connectivity index (χ0v) is 17.2. The Balaban J connectivity index is 2.69. The number of urea groups is 1. The van der Waals surface area contributed by atoms with Crippen LogP contribution in [0.4, 0.5) is 23.7 Å². The van der Waals surface area contributed by atoms with E-state index in [9.17, 15) is 27.9 Å². The van der Waals surface area contributed by atoms with Crippen LogP contribution in [0, 0.1) is 5.41 Å². The van der Waals surface area contributed by atoms with E-state index in [2.05, 4.69) is 17.6 Å². The van der Waals surface area contributed by atoms with Crippen molar-refractivity contribution < 1.29 is 27.9 Å². The lowest BCUT2D eigenvalue weighted by Gasteiger charge is -2.31. The zero-order chi connectivity index (χ0) is 22.1. The molecule has 0 aliphatic heterocycles. The molecule has 1 atom stereocenters. The maximum absolute atomic E-state index is 12.6. The first-order valence-corrected chi connectivity index (χ1v) is 9.96. The van der Waals surface area contributed by atoms with Crippen LogP contribution in [0.1, 0.15) is 71.3 Å². The summed E-state index contributed by atoms with van der Waals surface area (Å²) in [6.45, 7) is 5.23. The minimum absolute atomic E-state index is 0.196. The Bertz CT molecular complexity index is 658. The lowest BCUT2D eigenvalue weighted by atomic mass is 9.81. The van der Waals surface area contributed by atoms with Gasteiger partial charge in [-0.3, -0.25) is 4.79 Å². The number of carboxylic acid groups (broad SMARTS) is 1. The van der Waals surface area contributed by atoms with Crippen molar-refractivity contribution in [3.05, 3.63) is 29.8 Å². The lowest BCUT2D eigenvalue weighted by molar-refractivity contribution is -0.148. The second kappa shape index (κ2) is 11.1. The highest BCUT2D eigenvalue weighted by atomic mass is 19.4. The van der Waals surface area contributed by atoms with E-state index in [1.54, 1.807) is 13.8 Å². The predicted octanol–water partition coefficient (Wildman–Crippen LogP) is 6.06. The first-order chi connectivity index (χ1) is 13.5. The fourth-order valence-electron chi connectivity index (χ4n) is 2.96. The van der Waals surface area contributed by atoms with E-state index in [1.807, 2.05) is 0 Å². The third kappa shape index (κ3) is 8.33. The molecule has 0 heterocycles. The van der Waals surface area contributed by atoms with E-state index in [-0.39, 0.29) is 5.69 Å². The van der Waals surface area contributed by atoms with Gasteiger partial charge in [-0.2, -0.15) is 13.2 Å². The molecule has 0 aliphatic carbocycles. The van der Waals surface area contributed by atoms with Gasteiger partial charge in [0.1, 0.15) is 0 Å². The average molecular weight is 416 g/mol. The Kier molecular flexibility index (Phi) is 9.46. The first-order valence-electron chi connectivity index (χ1n) is 9.96. The number of halogens is 3. The number of hydrogen-bond donors (Lipinski definition) is 3. The van der Waals surface area contributed by atoms with Crippen LogP contribution < -0.4 is 10.6 Å². The number of carbonyl (C=O) groups excluding carboxylic acids is 1. The van der Waals surface area contributed by atoms with Gasteiger partial charge in [-0.15, -0.1) is 0 Å². The standard InChI is InChI=1S/C21H31F3N2O3/c1-4-5-6-7-8-9-10-17(20(2,3)18(27)28)26-19(29)25-16-13-11-15(12-14-16)21(22,23)24/h11-14,17H,4-10H2,1-3H3,(H,27,28)(H2,25,26,29). The quantitative estimate of drug-likeness (QED) is 0.384. The smallest absolute Gasteiger partial charge is 0.416 e. The molecule has 1 aromatic carbocycles. The molecule has 3 N–H and O–H groups in total. The summed E-state index contributed by atoms with van der Waals surface area (Å²) in [5, 5.41) is 14.7. The van der Waals surface area contributed by atoms with E-state index < -0.39 is 35.2 Å². The number of amides is 2. The monoisotopic (exact) mass is 416 g/mol. The summed E-state index contributed by atoms with van der Waals surface area (Å²) < 4.78 is 37.9. The Morgan fingerprint density at radius 1 is 1.00 bits per heavy atom. The van der Waals surface area contributed by atoms with Crippen molar-refractivity contribution in [2.45, 2.75) is 77.9 Å². The number of hydrogen-bond acceptors (Lipinski definition) is 2. The van der Waals surface area contributed by atoms with Crippen LogP contribution in [0.15, 0.2) is 24.3 Å². The molecule has 0 bridgehead atoms. The molecule has 29 heavy (non-hydrogen) atoms. The SMILES string of the molecule is CCCCCCCCC(NC(=O)Nc1ccc(C(F)(F)F)cc1)C(C)(C)C(=O)O. The predicted molar refractivity (Wildman–Crippen MR) is 107 cm³/mol. The van der Waals surface area contributed by atoms with Gasteiger partial charge in [0.2, 0.25) is 0 Å². The van der Waals surface area contributed by atoms with Crippen LogP contribution in [0.2, 0.25) is 0 Å². The molecule has 0 spiro atoms. The molecular formula is C21H31F3N2O3. The van der Waals surface area contributed by atoms with Crippen LogP contribution in [0.25, 0.3) is 0 Å². The number of aliphatic carboxylic acids is 1. The second-order valence-corrected chi connectivity index (χ2v) is 7.81. The third-order valence-corrected chi connectivity index (χ3v) is 5.04. The van der Waals surface area contributed by atoms with Gasteiger partial charge in [-0.1, -0.05) is 45.4 Å². The molecule has 0 saturated heterocycles. The Morgan fingerprint density at radius 3 is 2.07 bits per heavy atom. The van der Waals surface area contributed by atoms with Gasteiger partial charge >= 0.3 is 18.2 Å². The van der Waals surface area contributed by atoms with Crippen LogP contribution in [-0.2, 0) is 11.0 Å². The summed E-state index contributed by atoms with van der Waals surface area (Å²) >= 11 is 0. The van der Waals surface area contributed by atoms with Gasteiger partial charge in [-0.05, 0) is 44.5 Å². The molecule has 5 nitrogen and oxygen atoms in total. The molecule has 8 heteroatoms. The maximum Gasteiger partial charge on any atom is 0.416 e. The van der Waals surface area contributed by atoms with Crippen molar-refractivity contribution in [3.8, 4) is 0 Å². The largest absolute Gasteiger partial charge is 0.481 e. The average Bonchev–Trinajstić information content (AvgIpc) is 2.63. The minimum atomic E-state index is -4.45. The van der Waals surface area contributed by atoms with Crippen LogP contribution >= 0.6 is 0 Å². The normalized spacial score (nSPS) is 13.0. The highest BCUT2D eigenvalue weighted by Gasteiger charge is 2.37. The molecule has 1 unspecified atom stereocenters. The van der Waals surface area contributed by atoms with E-state index in [0.29, 0.717) is 6.42 Å². The molecule has 0 radical (unpaired) electrons. The Morgan fingerprint density at radius 2 is 1.55 bits per heavy atom. The number of alkyl halides is 3. The van der Waals surface area contributed by atoms with Crippen molar-refractivity contribution in [1.82, 2.24) is 5.32 Å². The molecule has 0 aromatic heterocycles. The molecule has 0 fully saturated rings. The summed E-state index contributed by atoms with van der Waals surface area (Å²) in [5.74, 6) is -1.02. The molecule has 0 saturated carbocycles. The van der Waals surface area contributed by atoms with Crippen molar-refractivity contribution in [1.29, 1.82) is 0 Å². The number of carbonyl (C=O) groups is 2. The summed E-state index contributed by atoms with van der Waals surface area (Å²) in [6.07, 6.45) is 2.29. The number of anilines is 1. The van der Waals surface area contributed by atoms with Crippen molar-refractivity contribution in [2.75, 3.05) is 5.32 Å². The molecule has 2 amide bonds. The van der Waals surface area contributed by atoms with Gasteiger partial charge in [0.15, 0.2) is 0 Å². The van der Waals surface area contributed by atoms with Crippen molar-refractivity contribution in [3.63, 3.8) is 0 Å². The number of unbranched alkanes of at least 4 members (excludes halogenated alkanes) is 5. The Labute approximate surface area is 170 Å². The van der Waals surface area contributed by atoms with Gasteiger partial charge in [-0.25, -0.2) is 4.79 Å². The van der Waals surface area contributed by atoms with Crippen LogP contribution in [0.5, 0.6) is 0 Å². The molecule has 1 aromatic rings. The van der Waals surface area contributed by atoms with Gasteiger partial charge in [0, 0.05) is 11.7 Å². The minimum Gasteiger partial charge on any atom is -0.481 e. The topological polar surface area (TPSA) is 78.4 Å². The van der Waals surface area contributed by atoms with E-state index in [4.69, 9.17) is 0 Å². The van der Waals surface area contributed by atoms with Crippen LogP contribution in [0.3, 0.4) is 0 Å². The summed E-state index contributed by atoms with van der Waals surface area (Å²) in [7, 11) is 0. The zero-order valence-electron chi connectivity index (χ0n) is 17.2. The number of nitrogens with one attached hydrogen (secondary N) is 2. The number of rotatable bonds is 11. The van der Waals surface area contributed by atoms with Gasteiger partial charge in [0.25, 0.3) is 0 Å². The Hall–Kier alpha value is -2.25. The number of benzene rings is 1. The second-order valence-electron chi connectivity index (χ2n) is 7.81. The summed E-state index contributed by atoms with van der Waals surface area (Å²) in [5.41, 5.74) is -1.79. The van der Waals surface area contributed by atoms with Crippen LogP contribution in [-0.4, -0.2) is 23.1 Å².